The lowest BCUT2D eigenvalue weighted by molar-refractivity contribution is 0.0596. The van der Waals surface area contributed by atoms with Crippen LogP contribution in [0.15, 0.2) is 33.2 Å². The van der Waals surface area contributed by atoms with Gasteiger partial charge in [0.25, 0.3) is 0 Å². The zero-order chi connectivity index (χ0) is 22.1. The molecule has 0 saturated carbocycles. The van der Waals surface area contributed by atoms with Crippen LogP contribution in [0.1, 0.15) is 20.7 Å². The number of carboxylic acids is 1. The number of carbonyl (C=O) groups excluding carboxylic acids is 1. The molecule has 0 aliphatic rings. The molecule has 0 atom stereocenters. The van der Waals surface area contributed by atoms with Crippen molar-refractivity contribution in [3.05, 3.63) is 44.3 Å². The molecule has 2 aromatic carbocycles. The number of hydrogen-bond donors (Lipinski definition) is 1. The van der Waals surface area contributed by atoms with E-state index < -0.39 is 11.9 Å². The van der Waals surface area contributed by atoms with Gasteiger partial charge in [-0.1, -0.05) is 0 Å². The van der Waals surface area contributed by atoms with E-state index in [1.807, 2.05) is 0 Å². The zero-order valence-electron chi connectivity index (χ0n) is 16.4. The Kier molecular flexibility index (Phi) is 9.76. The van der Waals surface area contributed by atoms with E-state index in [2.05, 4.69) is 36.6 Å². The number of carboxylic acid groups (broad SMARTS) is 1. The molecule has 2 aromatic rings. The van der Waals surface area contributed by atoms with E-state index in [1.54, 1.807) is 12.1 Å². The van der Waals surface area contributed by atoms with Gasteiger partial charge in [-0.3, -0.25) is 0 Å². The van der Waals surface area contributed by atoms with E-state index in [-0.39, 0.29) is 11.3 Å². The van der Waals surface area contributed by atoms with Crippen molar-refractivity contribution in [2.24, 2.45) is 0 Å². The number of aromatic carboxylic acids is 1. The van der Waals surface area contributed by atoms with Crippen molar-refractivity contribution in [3.63, 3.8) is 0 Å². The Balaban J connectivity index is 0.000000291. The van der Waals surface area contributed by atoms with Crippen molar-refractivity contribution in [1.82, 2.24) is 0 Å². The Labute approximate surface area is 184 Å². The van der Waals surface area contributed by atoms with Gasteiger partial charge in [-0.25, -0.2) is 9.59 Å². The molecule has 0 fully saturated rings. The molecule has 0 unspecified atom stereocenters. The minimum absolute atomic E-state index is 0.0974. The lowest BCUT2D eigenvalue weighted by atomic mass is 10.2. The highest BCUT2D eigenvalue weighted by atomic mass is 79.9. The van der Waals surface area contributed by atoms with E-state index in [1.165, 1.54) is 47.7 Å². The molecule has 29 heavy (non-hydrogen) atoms. The number of hydrogen-bond acceptors (Lipinski definition) is 7. The summed E-state index contributed by atoms with van der Waals surface area (Å²) in [6, 6.07) is 6.19. The summed E-state index contributed by atoms with van der Waals surface area (Å²) in [7, 11) is 7.25. The first kappa shape index (κ1) is 24.6. The molecule has 0 aromatic heterocycles. The van der Waals surface area contributed by atoms with Crippen molar-refractivity contribution < 1.29 is 38.4 Å². The molecule has 1 N–H and O–H groups in total. The molecule has 0 spiro atoms. The molecule has 8 nitrogen and oxygen atoms in total. The molecule has 0 radical (unpaired) electrons. The van der Waals surface area contributed by atoms with Crippen LogP contribution in [0.25, 0.3) is 0 Å². The van der Waals surface area contributed by atoms with Gasteiger partial charge in [-0.2, -0.15) is 0 Å². The highest BCUT2D eigenvalue weighted by Gasteiger charge is 2.16. The van der Waals surface area contributed by atoms with Gasteiger partial charge in [0, 0.05) is 12.1 Å². The van der Waals surface area contributed by atoms with Crippen LogP contribution in [0.4, 0.5) is 0 Å². The maximum atomic E-state index is 11.4. The highest BCUT2D eigenvalue weighted by molar-refractivity contribution is 9.10. The molecule has 10 heteroatoms. The Morgan fingerprint density at radius 1 is 0.690 bits per heavy atom. The van der Waals surface area contributed by atoms with E-state index in [4.69, 9.17) is 24.1 Å². The van der Waals surface area contributed by atoms with E-state index in [9.17, 15) is 9.59 Å². The molecule has 0 saturated heterocycles. The van der Waals surface area contributed by atoms with Gasteiger partial charge in [0.15, 0.2) is 0 Å². The first-order chi connectivity index (χ1) is 13.7. The van der Waals surface area contributed by atoms with Crippen molar-refractivity contribution >= 4 is 43.8 Å². The number of rotatable bonds is 6. The van der Waals surface area contributed by atoms with Gasteiger partial charge in [-0.05, 0) is 44.0 Å². The van der Waals surface area contributed by atoms with Crippen LogP contribution in [-0.4, -0.2) is 52.6 Å². The molecule has 0 heterocycles. The Hall–Kier alpha value is -2.46. The number of carbonyl (C=O) groups is 2. The molecule has 0 bridgehead atoms. The van der Waals surface area contributed by atoms with Crippen molar-refractivity contribution in [1.29, 1.82) is 0 Å². The average Bonchev–Trinajstić information content (AvgIpc) is 2.73. The second-order valence-corrected chi connectivity index (χ2v) is 6.88. The normalized spacial score (nSPS) is 9.62. The molecular formula is C19H20Br2O8. The van der Waals surface area contributed by atoms with Crippen LogP contribution >= 0.6 is 31.9 Å². The first-order valence-electron chi connectivity index (χ1n) is 7.88. The fraction of sp³-hybridized carbons (Fsp3) is 0.263. The molecular weight excluding hydrogens is 516 g/mol. The lowest BCUT2D eigenvalue weighted by Crippen LogP contribution is -2.04. The third-order valence-electron chi connectivity index (χ3n) is 3.58. The van der Waals surface area contributed by atoms with Crippen LogP contribution in [0.3, 0.4) is 0 Å². The zero-order valence-corrected chi connectivity index (χ0v) is 19.5. The fourth-order valence-corrected chi connectivity index (χ4v) is 3.17. The first-order valence-corrected chi connectivity index (χ1v) is 9.47. The standard InChI is InChI=1S/C10H11BrO4.C9H9BrO4/c1-13-8-5-9(14-2)7(11)4-6(8)10(12)15-3;1-13-7-4-8(14-2)6(10)3-5(7)9(11)12/h4-5H,1-3H3;3-4H,1-2H3,(H,11,12). The van der Waals surface area contributed by atoms with Crippen molar-refractivity contribution in [2.45, 2.75) is 0 Å². The van der Waals surface area contributed by atoms with Crippen LogP contribution in [-0.2, 0) is 4.74 Å². The number of ether oxygens (including phenoxy) is 5. The van der Waals surface area contributed by atoms with Gasteiger partial charge < -0.3 is 28.8 Å². The van der Waals surface area contributed by atoms with Crippen molar-refractivity contribution in [3.8, 4) is 23.0 Å². The predicted molar refractivity (Wildman–Crippen MR) is 113 cm³/mol. The van der Waals surface area contributed by atoms with E-state index in [0.29, 0.717) is 31.8 Å². The summed E-state index contributed by atoms with van der Waals surface area (Å²) in [6.07, 6.45) is 0. The number of methoxy groups -OCH3 is 5. The quantitative estimate of drug-likeness (QED) is 0.542. The topological polar surface area (TPSA) is 101 Å². The number of halogens is 2. The number of esters is 1. The molecule has 0 amide bonds. The summed E-state index contributed by atoms with van der Waals surface area (Å²) in [6.45, 7) is 0. The lowest BCUT2D eigenvalue weighted by Gasteiger charge is -2.10. The summed E-state index contributed by atoms with van der Waals surface area (Å²) >= 11 is 6.47. The Morgan fingerprint density at radius 3 is 1.41 bits per heavy atom. The molecule has 0 aliphatic carbocycles. The third kappa shape index (κ3) is 6.26. The van der Waals surface area contributed by atoms with Gasteiger partial charge in [0.2, 0.25) is 0 Å². The average molecular weight is 536 g/mol. The molecule has 2 rings (SSSR count). The van der Waals surface area contributed by atoms with E-state index in [0.717, 1.165) is 0 Å². The fourth-order valence-electron chi connectivity index (χ4n) is 2.16. The van der Waals surface area contributed by atoms with Crippen LogP contribution < -0.4 is 18.9 Å². The third-order valence-corrected chi connectivity index (χ3v) is 4.82. The summed E-state index contributed by atoms with van der Waals surface area (Å²) < 4.78 is 25.9. The SMILES string of the molecule is COC(=O)c1cc(Br)c(OC)cc1OC.COc1cc(OC)c(C(=O)O)cc1Br. The maximum Gasteiger partial charge on any atom is 0.341 e. The summed E-state index contributed by atoms with van der Waals surface area (Å²) in [5.74, 6) is 0.339. The smallest absolute Gasteiger partial charge is 0.341 e. The predicted octanol–water partition coefficient (Wildman–Crippen LogP) is 4.42. The minimum Gasteiger partial charge on any atom is -0.496 e. The van der Waals surface area contributed by atoms with Gasteiger partial charge in [-0.15, -0.1) is 0 Å². The van der Waals surface area contributed by atoms with Crippen LogP contribution in [0.5, 0.6) is 23.0 Å². The Morgan fingerprint density at radius 2 is 1.07 bits per heavy atom. The van der Waals surface area contributed by atoms with Crippen LogP contribution in [0, 0.1) is 0 Å². The van der Waals surface area contributed by atoms with Gasteiger partial charge in [0.05, 0.1) is 44.5 Å². The molecule has 0 aliphatic heterocycles. The van der Waals surface area contributed by atoms with Crippen LogP contribution in [0.2, 0.25) is 0 Å². The monoisotopic (exact) mass is 534 g/mol. The van der Waals surface area contributed by atoms with Gasteiger partial charge in [0.1, 0.15) is 34.1 Å². The number of benzene rings is 2. The summed E-state index contributed by atoms with van der Waals surface area (Å²) in [5.41, 5.74) is 0.452. The Bertz CT molecular complexity index is 883. The van der Waals surface area contributed by atoms with Crippen molar-refractivity contribution in [2.75, 3.05) is 35.5 Å². The highest BCUT2D eigenvalue weighted by Crippen LogP contribution is 2.33. The summed E-state index contributed by atoms with van der Waals surface area (Å²) in [4.78, 5) is 22.2. The largest absolute Gasteiger partial charge is 0.496 e. The van der Waals surface area contributed by atoms with Gasteiger partial charge >= 0.3 is 11.9 Å². The maximum absolute atomic E-state index is 11.4. The minimum atomic E-state index is -1.04. The second kappa shape index (κ2) is 11.5. The second-order valence-electron chi connectivity index (χ2n) is 5.17. The molecule has 158 valence electrons. The van der Waals surface area contributed by atoms with E-state index >= 15 is 0 Å². The summed E-state index contributed by atoms with van der Waals surface area (Å²) in [5, 5.41) is 8.84.